The summed E-state index contributed by atoms with van der Waals surface area (Å²) in [6.07, 6.45) is 7.01. The zero-order valence-electron chi connectivity index (χ0n) is 13.1. The summed E-state index contributed by atoms with van der Waals surface area (Å²) in [7, 11) is 0. The van der Waals surface area contributed by atoms with E-state index in [-0.39, 0.29) is 18.9 Å². The highest BCUT2D eigenvalue weighted by atomic mass is 19.1. The first kappa shape index (κ1) is 15.9. The lowest BCUT2D eigenvalue weighted by Gasteiger charge is -2.20. The molecule has 0 spiro atoms. The number of nitrogens with zero attached hydrogens (tertiary/aromatic N) is 5. The van der Waals surface area contributed by atoms with Crippen molar-refractivity contribution in [3.8, 4) is 6.07 Å². The zero-order chi connectivity index (χ0) is 16.2. The second-order valence-electron chi connectivity index (χ2n) is 6.73. The summed E-state index contributed by atoms with van der Waals surface area (Å²) in [6, 6.07) is 1.45. The number of carbonyl (C=O) groups is 1. The first-order valence-electron chi connectivity index (χ1n) is 8.31. The van der Waals surface area contributed by atoms with Crippen LogP contribution in [0.4, 0.5) is 4.39 Å². The van der Waals surface area contributed by atoms with Crippen molar-refractivity contribution in [2.75, 3.05) is 6.54 Å². The van der Waals surface area contributed by atoms with Crippen molar-refractivity contribution < 1.29 is 9.18 Å². The molecule has 2 aliphatic rings. The van der Waals surface area contributed by atoms with Crippen LogP contribution in [0, 0.1) is 23.2 Å². The predicted octanol–water partition coefficient (Wildman–Crippen LogP) is 1.94. The summed E-state index contributed by atoms with van der Waals surface area (Å²) in [6.45, 7) is 0.966. The van der Waals surface area contributed by atoms with Gasteiger partial charge < -0.3 is 4.90 Å². The van der Waals surface area contributed by atoms with Crippen LogP contribution >= 0.6 is 0 Å². The molecule has 2 heterocycles. The number of hydrogen-bond acceptors (Lipinski definition) is 4. The number of nitriles is 1. The SMILES string of the molecule is N#C[C@@H]1C[C@H](F)CN1C(=O)CC[C@@H]1CCC(Cn2cncn2)C1. The van der Waals surface area contributed by atoms with Crippen molar-refractivity contribution in [3.63, 3.8) is 0 Å². The molecule has 0 radical (unpaired) electrons. The minimum absolute atomic E-state index is 0.0728. The van der Waals surface area contributed by atoms with E-state index in [1.54, 1.807) is 12.7 Å². The molecule has 4 atom stereocenters. The monoisotopic (exact) mass is 319 g/mol. The highest BCUT2D eigenvalue weighted by Crippen LogP contribution is 2.35. The van der Waals surface area contributed by atoms with E-state index in [2.05, 4.69) is 10.1 Å². The number of alkyl halides is 1. The summed E-state index contributed by atoms with van der Waals surface area (Å²) in [5.41, 5.74) is 0. The van der Waals surface area contributed by atoms with Gasteiger partial charge in [0.25, 0.3) is 0 Å². The summed E-state index contributed by atoms with van der Waals surface area (Å²) in [4.78, 5) is 17.6. The van der Waals surface area contributed by atoms with Crippen LogP contribution in [0.3, 0.4) is 0 Å². The van der Waals surface area contributed by atoms with Crippen LogP contribution in [0.1, 0.15) is 38.5 Å². The van der Waals surface area contributed by atoms with Gasteiger partial charge in [0.1, 0.15) is 24.9 Å². The van der Waals surface area contributed by atoms with E-state index in [1.165, 1.54) is 4.90 Å². The lowest BCUT2D eigenvalue weighted by atomic mass is 9.99. The molecule has 1 saturated carbocycles. The van der Waals surface area contributed by atoms with Gasteiger partial charge in [-0.3, -0.25) is 9.48 Å². The van der Waals surface area contributed by atoms with E-state index in [9.17, 15) is 9.18 Å². The van der Waals surface area contributed by atoms with Crippen LogP contribution in [-0.4, -0.2) is 44.3 Å². The molecule has 1 aromatic rings. The van der Waals surface area contributed by atoms with Crippen LogP contribution in [0.15, 0.2) is 12.7 Å². The Morgan fingerprint density at radius 2 is 2.17 bits per heavy atom. The van der Waals surface area contributed by atoms with Gasteiger partial charge in [-0.15, -0.1) is 0 Å². The molecular formula is C16H22FN5O. The zero-order valence-corrected chi connectivity index (χ0v) is 13.1. The number of likely N-dealkylation sites (tertiary alicyclic amines) is 1. The summed E-state index contributed by atoms with van der Waals surface area (Å²) in [5.74, 6) is 1.05. The molecule has 1 unspecified atom stereocenters. The van der Waals surface area contributed by atoms with Crippen molar-refractivity contribution in [1.29, 1.82) is 5.26 Å². The molecule has 0 N–H and O–H groups in total. The van der Waals surface area contributed by atoms with E-state index in [0.717, 1.165) is 32.2 Å². The van der Waals surface area contributed by atoms with Crippen molar-refractivity contribution in [2.24, 2.45) is 11.8 Å². The molecule has 6 nitrogen and oxygen atoms in total. The van der Waals surface area contributed by atoms with E-state index < -0.39 is 12.2 Å². The topological polar surface area (TPSA) is 74.8 Å². The van der Waals surface area contributed by atoms with Crippen molar-refractivity contribution >= 4 is 5.91 Å². The third-order valence-corrected chi connectivity index (χ3v) is 5.05. The maximum atomic E-state index is 13.4. The van der Waals surface area contributed by atoms with Gasteiger partial charge in [0.2, 0.25) is 5.91 Å². The van der Waals surface area contributed by atoms with Crippen molar-refractivity contribution in [3.05, 3.63) is 12.7 Å². The third kappa shape index (κ3) is 3.87. The lowest BCUT2D eigenvalue weighted by molar-refractivity contribution is -0.131. The maximum absolute atomic E-state index is 13.4. The Morgan fingerprint density at radius 1 is 1.35 bits per heavy atom. The standard InChI is InChI=1S/C16H22FN5O/c17-14-6-15(7-18)22(9-14)16(23)4-3-12-1-2-13(5-12)8-21-11-19-10-20-21/h10-15H,1-6,8-9H2/t12-,13?,14-,15-/m0/s1. The van der Waals surface area contributed by atoms with E-state index in [0.29, 0.717) is 18.3 Å². The van der Waals surface area contributed by atoms with Gasteiger partial charge in [-0.05, 0) is 31.1 Å². The molecule has 1 aliphatic heterocycles. The predicted molar refractivity (Wildman–Crippen MR) is 80.7 cm³/mol. The highest BCUT2D eigenvalue weighted by Gasteiger charge is 2.35. The minimum Gasteiger partial charge on any atom is -0.324 e. The van der Waals surface area contributed by atoms with Gasteiger partial charge >= 0.3 is 0 Å². The van der Waals surface area contributed by atoms with Crippen LogP contribution < -0.4 is 0 Å². The fraction of sp³-hybridized carbons (Fsp3) is 0.750. The van der Waals surface area contributed by atoms with Crippen LogP contribution in [0.2, 0.25) is 0 Å². The summed E-state index contributed by atoms with van der Waals surface area (Å²) < 4.78 is 15.2. The molecular weight excluding hydrogens is 297 g/mol. The van der Waals surface area contributed by atoms with Crippen molar-refractivity contribution in [2.45, 2.75) is 57.3 Å². The van der Waals surface area contributed by atoms with Crippen LogP contribution in [0.25, 0.3) is 0 Å². The fourth-order valence-electron chi connectivity index (χ4n) is 3.85. The number of carbonyl (C=O) groups excluding carboxylic acids is 1. The largest absolute Gasteiger partial charge is 0.324 e. The summed E-state index contributed by atoms with van der Waals surface area (Å²) in [5, 5.41) is 13.2. The Bertz CT molecular complexity index is 570. The average Bonchev–Trinajstić information content (AvgIpc) is 3.26. The summed E-state index contributed by atoms with van der Waals surface area (Å²) >= 11 is 0. The minimum atomic E-state index is -1.05. The molecule has 0 bridgehead atoms. The first-order valence-corrected chi connectivity index (χ1v) is 8.31. The van der Waals surface area contributed by atoms with Crippen LogP contribution in [0.5, 0.6) is 0 Å². The smallest absolute Gasteiger partial charge is 0.223 e. The lowest BCUT2D eigenvalue weighted by Crippen LogP contribution is -2.35. The van der Waals surface area contributed by atoms with Crippen molar-refractivity contribution in [1.82, 2.24) is 19.7 Å². The van der Waals surface area contributed by atoms with Gasteiger partial charge in [-0.2, -0.15) is 10.4 Å². The Hall–Kier alpha value is -1.97. The molecule has 1 aliphatic carbocycles. The third-order valence-electron chi connectivity index (χ3n) is 5.05. The van der Waals surface area contributed by atoms with Gasteiger partial charge in [0.15, 0.2) is 0 Å². The second-order valence-corrected chi connectivity index (χ2v) is 6.73. The number of hydrogen-bond donors (Lipinski definition) is 0. The normalized spacial score (nSPS) is 30.5. The fourth-order valence-corrected chi connectivity index (χ4v) is 3.85. The molecule has 3 rings (SSSR count). The molecule has 7 heteroatoms. The highest BCUT2D eigenvalue weighted by molar-refractivity contribution is 5.77. The Kier molecular flexibility index (Phi) is 4.89. The molecule has 1 aromatic heterocycles. The molecule has 0 aromatic carbocycles. The van der Waals surface area contributed by atoms with E-state index >= 15 is 0 Å². The van der Waals surface area contributed by atoms with Crippen LogP contribution in [-0.2, 0) is 11.3 Å². The number of halogens is 1. The molecule has 124 valence electrons. The van der Waals surface area contributed by atoms with Gasteiger partial charge in [0, 0.05) is 19.4 Å². The first-order chi connectivity index (χ1) is 11.2. The van der Waals surface area contributed by atoms with Gasteiger partial charge in [-0.1, -0.05) is 6.42 Å². The van der Waals surface area contributed by atoms with E-state index in [4.69, 9.17) is 5.26 Å². The number of amides is 1. The number of rotatable bonds is 5. The number of aromatic nitrogens is 3. The van der Waals surface area contributed by atoms with E-state index in [1.807, 2.05) is 10.8 Å². The van der Waals surface area contributed by atoms with Gasteiger partial charge in [0.05, 0.1) is 12.6 Å². The maximum Gasteiger partial charge on any atom is 0.223 e. The second kappa shape index (κ2) is 7.07. The molecule has 2 fully saturated rings. The average molecular weight is 319 g/mol. The Morgan fingerprint density at radius 3 is 2.91 bits per heavy atom. The Balaban J connectivity index is 1.42. The molecule has 23 heavy (non-hydrogen) atoms. The Labute approximate surface area is 135 Å². The van der Waals surface area contributed by atoms with Gasteiger partial charge in [-0.25, -0.2) is 9.37 Å². The molecule has 1 amide bonds. The quantitative estimate of drug-likeness (QED) is 0.831. The molecule has 1 saturated heterocycles.